The van der Waals surface area contributed by atoms with Gasteiger partial charge < -0.3 is 15.0 Å². The van der Waals surface area contributed by atoms with E-state index in [1.54, 1.807) is 17.0 Å². The van der Waals surface area contributed by atoms with Crippen LogP contribution in [0.5, 0.6) is 5.75 Å². The highest BCUT2D eigenvalue weighted by Crippen LogP contribution is 2.17. The van der Waals surface area contributed by atoms with Crippen LogP contribution in [0.25, 0.3) is 0 Å². The van der Waals surface area contributed by atoms with Crippen molar-refractivity contribution in [3.63, 3.8) is 0 Å². The summed E-state index contributed by atoms with van der Waals surface area (Å²) in [7, 11) is 1.82. The lowest BCUT2D eigenvalue weighted by atomic mass is 10.0. The van der Waals surface area contributed by atoms with Gasteiger partial charge in [-0.25, -0.2) is 0 Å². The number of likely N-dealkylation sites (N-methyl/N-ethyl adjacent to an activating group) is 1. The van der Waals surface area contributed by atoms with Gasteiger partial charge in [-0.2, -0.15) is 0 Å². The Hall–Kier alpha value is -0.970. The standard InChI is InChI=1S/C15H21ClN2O2.ClH/c1-18(15(19)14-7-2-3-8-17-14)9-10-20-13-6-4-5-12(16)11-13;/h4-6,11,14,17H,2-3,7-10H2,1H3;1H/t14-;/m0./s1. The van der Waals surface area contributed by atoms with Crippen LogP contribution in [0, 0.1) is 0 Å². The summed E-state index contributed by atoms with van der Waals surface area (Å²) in [6.45, 7) is 1.97. The van der Waals surface area contributed by atoms with Crippen molar-refractivity contribution >= 4 is 29.9 Å². The number of hydrogen-bond acceptors (Lipinski definition) is 3. The van der Waals surface area contributed by atoms with Gasteiger partial charge in [0.05, 0.1) is 12.6 Å². The van der Waals surface area contributed by atoms with Gasteiger partial charge in [0.2, 0.25) is 5.91 Å². The molecule has 0 spiro atoms. The Kier molecular flexibility index (Phi) is 7.86. The number of carbonyl (C=O) groups is 1. The molecule has 1 aliphatic heterocycles. The molecule has 21 heavy (non-hydrogen) atoms. The Bertz CT molecular complexity index is 451. The van der Waals surface area contributed by atoms with Gasteiger partial charge in [0.25, 0.3) is 0 Å². The fraction of sp³-hybridized carbons (Fsp3) is 0.533. The maximum absolute atomic E-state index is 12.2. The maximum atomic E-state index is 12.2. The van der Waals surface area contributed by atoms with Crippen LogP contribution in [-0.4, -0.2) is 43.6 Å². The molecule has 0 saturated carbocycles. The summed E-state index contributed by atoms with van der Waals surface area (Å²) in [5.41, 5.74) is 0. The van der Waals surface area contributed by atoms with E-state index in [0.717, 1.165) is 31.6 Å². The van der Waals surface area contributed by atoms with Crippen LogP contribution in [0.2, 0.25) is 5.02 Å². The number of halogens is 2. The maximum Gasteiger partial charge on any atom is 0.239 e. The van der Waals surface area contributed by atoms with Crippen molar-refractivity contribution in [2.45, 2.75) is 25.3 Å². The molecule has 1 atom stereocenters. The molecule has 0 aliphatic carbocycles. The molecule has 2 rings (SSSR count). The summed E-state index contributed by atoms with van der Waals surface area (Å²) in [4.78, 5) is 13.9. The zero-order valence-electron chi connectivity index (χ0n) is 12.2. The average molecular weight is 333 g/mol. The van der Waals surface area contributed by atoms with Crippen LogP contribution >= 0.6 is 24.0 Å². The van der Waals surface area contributed by atoms with Gasteiger partial charge in [-0.1, -0.05) is 24.1 Å². The average Bonchev–Trinajstić information content (AvgIpc) is 2.47. The van der Waals surface area contributed by atoms with Crippen molar-refractivity contribution < 1.29 is 9.53 Å². The van der Waals surface area contributed by atoms with Crippen molar-refractivity contribution in [3.8, 4) is 5.75 Å². The normalized spacial score (nSPS) is 17.7. The first-order valence-electron chi connectivity index (χ1n) is 7.03. The number of benzene rings is 1. The predicted molar refractivity (Wildman–Crippen MR) is 87.5 cm³/mol. The number of nitrogens with one attached hydrogen (secondary N) is 1. The number of ether oxygens (including phenoxy) is 1. The fourth-order valence-corrected chi connectivity index (χ4v) is 2.48. The van der Waals surface area contributed by atoms with Gasteiger partial charge in [-0.3, -0.25) is 4.79 Å². The summed E-state index contributed by atoms with van der Waals surface area (Å²) < 4.78 is 5.60. The van der Waals surface area contributed by atoms with Crippen molar-refractivity contribution in [2.24, 2.45) is 0 Å². The fourth-order valence-electron chi connectivity index (χ4n) is 2.30. The van der Waals surface area contributed by atoms with Crippen molar-refractivity contribution in [1.29, 1.82) is 0 Å². The van der Waals surface area contributed by atoms with Crippen LogP contribution in [0.15, 0.2) is 24.3 Å². The molecule has 1 saturated heterocycles. The molecule has 1 amide bonds. The van der Waals surface area contributed by atoms with Gasteiger partial charge >= 0.3 is 0 Å². The Morgan fingerprint density at radius 3 is 2.95 bits per heavy atom. The van der Waals surface area contributed by atoms with E-state index in [4.69, 9.17) is 16.3 Å². The van der Waals surface area contributed by atoms with Gasteiger partial charge in [-0.15, -0.1) is 12.4 Å². The SMILES string of the molecule is CN(CCOc1cccc(Cl)c1)C(=O)[C@@H]1CCCCN1.Cl. The van der Waals surface area contributed by atoms with E-state index in [9.17, 15) is 4.79 Å². The third-order valence-corrected chi connectivity index (χ3v) is 3.71. The van der Waals surface area contributed by atoms with Crippen LogP contribution in [-0.2, 0) is 4.79 Å². The molecule has 1 heterocycles. The first kappa shape index (κ1) is 18.1. The van der Waals surface area contributed by atoms with E-state index < -0.39 is 0 Å². The van der Waals surface area contributed by atoms with E-state index in [2.05, 4.69) is 5.32 Å². The minimum absolute atomic E-state index is 0. The zero-order chi connectivity index (χ0) is 14.4. The molecule has 0 bridgehead atoms. The summed E-state index contributed by atoms with van der Waals surface area (Å²) in [6, 6.07) is 7.25. The molecule has 4 nitrogen and oxygen atoms in total. The second kappa shape index (κ2) is 9.13. The first-order valence-corrected chi connectivity index (χ1v) is 7.41. The lowest BCUT2D eigenvalue weighted by Gasteiger charge is -2.27. The third-order valence-electron chi connectivity index (χ3n) is 3.48. The summed E-state index contributed by atoms with van der Waals surface area (Å²) in [5.74, 6) is 0.883. The minimum atomic E-state index is -0.0279. The van der Waals surface area contributed by atoms with Gasteiger partial charge in [-0.05, 0) is 37.6 Å². The van der Waals surface area contributed by atoms with E-state index in [1.165, 1.54) is 0 Å². The molecule has 118 valence electrons. The molecule has 0 aromatic heterocycles. The van der Waals surface area contributed by atoms with Crippen molar-refractivity contribution in [2.75, 3.05) is 26.7 Å². The summed E-state index contributed by atoms with van der Waals surface area (Å²) in [6.07, 6.45) is 3.21. The largest absolute Gasteiger partial charge is 0.492 e. The van der Waals surface area contributed by atoms with E-state index >= 15 is 0 Å². The van der Waals surface area contributed by atoms with Crippen LogP contribution < -0.4 is 10.1 Å². The molecule has 1 fully saturated rings. The van der Waals surface area contributed by atoms with Crippen molar-refractivity contribution in [1.82, 2.24) is 10.2 Å². The van der Waals surface area contributed by atoms with Crippen LogP contribution in [0.3, 0.4) is 0 Å². The van der Waals surface area contributed by atoms with Crippen molar-refractivity contribution in [3.05, 3.63) is 29.3 Å². The second-order valence-electron chi connectivity index (χ2n) is 5.07. The van der Waals surface area contributed by atoms with Gasteiger partial charge in [0.15, 0.2) is 0 Å². The Labute approximate surface area is 137 Å². The Morgan fingerprint density at radius 1 is 1.48 bits per heavy atom. The van der Waals surface area contributed by atoms with Gasteiger partial charge in [0, 0.05) is 12.1 Å². The molecule has 1 aromatic rings. The highest BCUT2D eigenvalue weighted by atomic mass is 35.5. The number of amides is 1. The monoisotopic (exact) mass is 332 g/mol. The first-order chi connectivity index (χ1) is 9.66. The molecule has 1 N–H and O–H groups in total. The topological polar surface area (TPSA) is 41.6 Å². The zero-order valence-corrected chi connectivity index (χ0v) is 13.8. The molecule has 0 radical (unpaired) electrons. The molecule has 1 aromatic carbocycles. The van der Waals surface area contributed by atoms with Crippen LogP contribution in [0.1, 0.15) is 19.3 Å². The summed E-state index contributed by atoms with van der Waals surface area (Å²) >= 11 is 5.89. The molecule has 6 heteroatoms. The number of rotatable bonds is 5. The number of carbonyl (C=O) groups excluding carboxylic acids is 1. The van der Waals surface area contributed by atoms with E-state index in [0.29, 0.717) is 18.2 Å². The number of hydrogen-bond donors (Lipinski definition) is 1. The highest BCUT2D eigenvalue weighted by molar-refractivity contribution is 6.30. The quantitative estimate of drug-likeness (QED) is 0.901. The molecular formula is C15H22Cl2N2O2. The highest BCUT2D eigenvalue weighted by Gasteiger charge is 2.23. The molecular weight excluding hydrogens is 311 g/mol. The molecule has 1 aliphatic rings. The smallest absolute Gasteiger partial charge is 0.239 e. The lowest BCUT2D eigenvalue weighted by molar-refractivity contribution is -0.133. The lowest BCUT2D eigenvalue weighted by Crippen LogP contribution is -2.48. The van der Waals surface area contributed by atoms with Crippen LogP contribution in [0.4, 0.5) is 0 Å². The summed E-state index contributed by atoms with van der Waals surface area (Å²) in [5, 5.41) is 3.92. The third kappa shape index (κ3) is 5.73. The predicted octanol–water partition coefficient (Wildman–Crippen LogP) is 2.74. The second-order valence-corrected chi connectivity index (χ2v) is 5.50. The molecule has 0 unspecified atom stereocenters. The minimum Gasteiger partial charge on any atom is -0.492 e. The van der Waals surface area contributed by atoms with Gasteiger partial charge in [0.1, 0.15) is 12.4 Å². The number of piperidine rings is 1. The van der Waals surface area contributed by atoms with E-state index in [1.807, 2.05) is 19.2 Å². The number of nitrogens with zero attached hydrogens (tertiary/aromatic N) is 1. The van der Waals surface area contributed by atoms with E-state index in [-0.39, 0.29) is 24.4 Å². The Balaban J connectivity index is 0.00000220. The Morgan fingerprint density at radius 2 is 2.29 bits per heavy atom.